The molecule has 0 aliphatic heterocycles. The molecule has 0 saturated carbocycles. The number of halogens is 2. The molecule has 0 radical (unpaired) electrons. The molecule has 0 spiro atoms. The molecular weight excluding hydrogens is 505 g/mol. The number of ketones is 1. The van der Waals surface area contributed by atoms with Crippen molar-refractivity contribution in [3.63, 3.8) is 0 Å². The first-order valence-electron chi connectivity index (χ1n) is 12.5. The normalized spacial score (nSPS) is 16.7. The number of carbonyl (C=O) groups excluding carboxylic acids is 2. The van der Waals surface area contributed by atoms with Crippen molar-refractivity contribution in [2.24, 2.45) is 0 Å². The van der Waals surface area contributed by atoms with Crippen LogP contribution in [0.2, 0.25) is 0 Å². The first-order chi connectivity index (χ1) is 18.9. The molecule has 1 unspecified atom stereocenters. The first-order valence-corrected chi connectivity index (χ1v) is 12.5. The molecule has 0 aromatic heterocycles. The Balaban J connectivity index is 0.00000370. The van der Waals surface area contributed by atoms with Gasteiger partial charge in [-0.3, -0.25) is 11.4 Å². The topological polar surface area (TPSA) is 60.7 Å². The van der Waals surface area contributed by atoms with Gasteiger partial charge in [-0.25, -0.2) is 8.78 Å². The molecule has 0 bridgehead atoms. The first kappa shape index (κ1) is 29.2. The second kappa shape index (κ2) is 12.2. The van der Waals surface area contributed by atoms with E-state index in [1.165, 1.54) is 17.0 Å². The third-order valence-corrected chi connectivity index (χ3v) is 7.03. The van der Waals surface area contributed by atoms with Crippen LogP contribution in [0.15, 0.2) is 84.1 Å². The predicted octanol–water partition coefficient (Wildman–Crippen LogP) is 2.81. The second-order valence-electron chi connectivity index (χ2n) is 9.29. The third-order valence-electron chi connectivity index (χ3n) is 7.03. The summed E-state index contributed by atoms with van der Waals surface area (Å²) < 4.78 is 34.1. The quantitative estimate of drug-likeness (QED) is 0.175. The molecule has 0 saturated heterocycles. The van der Waals surface area contributed by atoms with E-state index in [1.807, 2.05) is 60.7 Å². The third kappa shape index (κ3) is 5.33. The molecule has 3 aromatic carbocycles. The number of carbonyl (C=O) groups is 2. The van der Waals surface area contributed by atoms with Crippen LogP contribution < -0.4 is 18.9 Å². The average molecular weight is 531 g/mol. The molecule has 0 N–H and O–H groups in total. The standard InChI is InChI=1S/C32H25F2N2O3.Li/c1-3-29(37)30(39-19-21-10-6-5-7-11-21)18-31(38)36(4-2)20-35-32-24(14-22-12-8-9-13-25(22)32)15-23-16-27(33)28(34)17-26(23)32;/h1,3,5-13,15-17H,4,14,19-20H2,2H3;/q-3;+1. The van der Waals surface area contributed by atoms with Gasteiger partial charge >= 0.3 is 18.9 Å². The zero-order chi connectivity index (χ0) is 27.6. The van der Waals surface area contributed by atoms with Crippen LogP contribution in [0.25, 0.3) is 11.4 Å². The van der Waals surface area contributed by atoms with Gasteiger partial charge in [0.05, 0.1) is 0 Å². The number of hydrogen-bond acceptors (Lipinski definition) is 3. The van der Waals surface area contributed by atoms with Crippen LogP contribution in [0.3, 0.4) is 0 Å². The fourth-order valence-electron chi connectivity index (χ4n) is 5.11. The molecule has 8 heteroatoms. The number of likely N-dealkylation sites (N-methyl/N-ethyl adjacent to an activating group) is 1. The monoisotopic (exact) mass is 530 g/mol. The molecular formula is C32H25F2LiN2O3-2. The molecule has 198 valence electrons. The molecule has 40 heavy (non-hydrogen) atoms. The summed E-state index contributed by atoms with van der Waals surface area (Å²) in [4.78, 5) is 27.0. The molecule has 1 amide bonds. The summed E-state index contributed by atoms with van der Waals surface area (Å²) in [6.07, 6.45) is 5.74. The van der Waals surface area contributed by atoms with Crippen LogP contribution in [-0.4, -0.2) is 29.8 Å². The van der Waals surface area contributed by atoms with E-state index in [0.29, 0.717) is 17.5 Å². The van der Waals surface area contributed by atoms with Crippen LogP contribution >= 0.6 is 0 Å². The van der Waals surface area contributed by atoms with Crippen molar-refractivity contribution >= 4 is 17.8 Å². The van der Waals surface area contributed by atoms with E-state index in [0.717, 1.165) is 28.3 Å². The van der Waals surface area contributed by atoms with Gasteiger partial charge in [-0.2, -0.15) is 6.08 Å². The van der Waals surface area contributed by atoms with Crippen molar-refractivity contribution in [3.8, 4) is 0 Å². The smallest absolute Gasteiger partial charge is 0.628 e. The Morgan fingerprint density at radius 1 is 1.07 bits per heavy atom. The van der Waals surface area contributed by atoms with E-state index in [-0.39, 0.29) is 44.4 Å². The minimum Gasteiger partial charge on any atom is -0.628 e. The molecule has 0 fully saturated rings. The Morgan fingerprint density at radius 2 is 1.77 bits per heavy atom. The summed E-state index contributed by atoms with van der Waals surface area (Å²) in [7, 11) is 0. The van der Waals surface area contributed by atoms with Gasteiger partial charge in [0.2, 0.25) is 0 Å². The Morgan fingerprint density at radius 3 is 2.50 bits per heavy atom. The van der Waals surface area contributed by atoms with Crippen molar-refractivity contribution < 1.29 is 42.0 Å². The van der Waals surface area contributed by atoms with Gasteiger partial charge in [-0.15, -0.1) is 6.08 Å². The maximum atomic E-state index is 14.4. The van der Waals surface area contributed by atoms with Gasteiger partial charge in [0.15, 0.2) is 17.5 Å². The predicted molar refractivity (Wildman–Crippen MR) is 143 cm³/mol. The van der Waals surface area contributed by atoms with Crippen LogP contribution in [0.1, 0.15) is 34.7 Å². The molecule has 5 rings (SSSR count). The number of amides is 1. The number of fused-ring (bicyclic) bond motifs is 5. The molecule has 2 aliphatic carbocycles. The number of ether oxygens (including phenoxy) is 1. The summed E-state index contributed by atoms with van der Waals surface area (Å²) in [5.41, 5.74) is 3.62. The molecule has 2 aliphatic rings. The zero-order valence-corrected chi connectivity index (χ0v) is 22.3. The fourth-order valence-corrected chi connectivity index (χ4v) is 5.11. The summed E-state index contributed by atoms with van der Waals surface area (Å²) in [5, 5.41) is 4.97. The molecule has 5 nitrogen and oxygen atoms in total. The Kier molecular flexibility index (Phi) is 8.90. The van der Waals surface area contributed by atoms with Crippen molar-refractivity contribution in [2.45, 2.75) is 25.5 Å². The number of benzene rings is 3. The number of nitrogens with zero attached hydrogens (tertiary/aromatic N) is 2. The van der Waals surface area contributed by atoms with E-state index in [4.69, 9.17) is 16.6 Å². The zero-order valence-electron chi connectivity index (χ0n) is 22.3. The van der Waals surface area contributed by atoms with E-state index in [2.05, 4.69) is 6.08 Å². The van der Waals surface area contributed by atoms with E-state index >= 15 is 0 Å². The van der Waals surface area contributed by atoms with Gasteiger partial charge in [-0.1, -0.05) is 78.5 Å². The van der Waals surface area contributed by atoms with Crippen molar-refractivity contribution in [2.75, 3.05) is 13.2 Å². The summed E-state index contributed by atoms with van der Waals surface area (Å²) in [5.74, 6) is -3.49. The average Bonchev–Trinajstić information content (AvgIpc) is 3.41. The molecule has 1 atom stereocenters. The van der Waals surface area contributed by atoms with E-state index in [9.17, 15) is 18.4 Å². The number of hydrogen-bond donors (Lipinski definition) is 0. The fraction of sp³-hybridized carbons (Fsp3) is 0.188. The largest absolute Gasteiger partial charge is 1.00 e. The van der Waals surface area contributed by atoms with E-state index < -0.39 is 28.9 Å². The molecule has 0 heterocycles. The van der Waals surface area contributed by atoms with Gasteiger partial charge in [0.1, 0.15) is 6.61 Å². The minimum atomic E-state index is -1.05. The van der Waals surface area contributed by atoms with Crippen LogP contribution in [0, 0.1) is 24.3 Å². The summed E-state index contributed by atoms with van der Waals surface area (Å²) in [6, 6.07) is 19.2. The van der Waals surface area contributed by atoms with Crippen molar-refractivity contribution in [1.29, 1.82) is 0 Å². The number of allylic oxidation sites excluding steroid dienone is 1. The minimum absolute atomic E-state index is 0. The Bertz CT molecular complexity index is 1520. The summed E-state index contributed by atoms with van der Waals surface area (Å²) >= 11 is 0. The Labute approximate surface area is 244 Å². The van der Waals surface area contributed by atoms with Gasteiger partial charge in [-0.05, 0) is 53.3 Å². The van der Waals surface area contributed by atoms with E-state index in [1.54, 1.807) is 6.92 Å². The maximum absolute atomic E-state index is 14.4. The molecule has 3 aromatic rings. The maximum Gasteiger partial charge on any atom is 1.00 e. The van der Waals surface area contributed by atoms with Gasteiger partial charge in [0.25, 0.3) is 0 Å². The second-order valence-corrected chi connectivity index (χ2v) is 9.29. The summed E-state index contributed by atoms with van der Waals surface area (Å²) in [6.45, 7) is 7.41. The van der Waals surface area contributed by atoms with Crippen molar-refractivity contribution in [1.82, 2.24) is 4.90 Å². The SMILES string of the molecule is [CH-]=CC(=O)C(=[C-]C(=O)N(CC)C[N-]C12C(=Cc3cc(F)c(F)cc31)Cc1ccccc12)OCc1ccccc1.[Li+]. The van der Waals surface area contributed by atoms with Crippen LogP contribution in [0.4, 0.5) is 8.78 Å². The number of rotatable bonds is 10. The van der Waals surface area contributed by atoms with Gasteiger partial charge in [0, 0.05) is 18.1 Å². The van der Waals surface area contributed by atoms with Gasteiger partial charge < -0.3 is 19.7 Å². The Hall–Kier alpha value is -3.76. The van der Waals surface area contributed by atoms with Crippen LogP contribution in [0.5, 0.6) is 0 Å². The van der Waals surface area contributed by atoms with Crippen molar-refractivity contribution in [3.05, 3.63) is 142 Å². The van der Waals surface area contributed by atoms with Crippen LogP contribution in [-0.2, 0) is 32.9 Å².